The number of carbonyl (C=O) groups is 1. The summed E-state index contributed by atoms with van der Waals surface area (Å²) >= 11 is 3.46. The van der Waals surface area contributed by atoms with Gasteiger partial charge in [-0.2, -0.15) is 4.99 Å². The van der Waals surface area contributed by atoms with Crippen molar-refractivity contribution in [2.45, 2.75) is 6.54 Å². The van der Waals surface area contributed by atoms with Gasteiger partial charge in [-0.3, -0.25) is 4.79 Å². The van der Waals surface area contributed by atoms with Crippen LogP contribution in [0.15, 0.2) is 33.9 Å². The maximum absolute atomic E-state index is 12.1. The van der Waals surface area contributed by atoms with Crippen LogP contribution < -0.4 is 4.74 Å². The Morgan fingerprint density at radius 3 is 3.09 bits per heavy atom. The molecule has 1 aliphatic rings. The third-order valence-corrected chi connectivity index (χ3v) is 3.67. The second-order valence-electron chi connectivity index (χ2n) is 5.15. The summed E-state index contributed by atoms with van der Waals surface area (Å²) in [4.78, 5) is 22.1. The molecule has 0 radical (unpaired) electrons. The highest BCUT2D eigenvalue weighted by Gasteiger charge is 2.20. The van der Waals surface area contributed by atoms with E-state index in [1.807, 2.05) is 36.9 Å². The molecular weight excluding hydrogens is 348 g/mol. The van der Waals surface area contributed by atoms with E-state index in [0.717, 1.165) is 21.6 Å². The SMILES string of the molecule is CN(C)/C=N/C(=O)c1cn2c(n1)-c1cc(Br)ccc1OCC2. The topological polar surface area (TPSA) is 59.7 Å². The highest BCUT2D eigenvalue weighted by molar-refractivity contribution is 9.10. The molecule has 2 heterocycles. The molecule has 0 atom stereocenters. The van der Waals surface area contributed by atoms with Crippen molar-refractivity contribution in [1.29, 1.82) is 0 Å². The van der Waals surface area contributed by atoms with Gasteiger partial charge in [0.15, 0.2) is 0 Å². The highest BCUT2D eigenvalue weighted by Crippen LogP contribution is 2.34. The van der Waals surface area contributed by atoms with E-state index >= 15 is 0 Å². The first-order valence-electron chi connectivity index (χ1n) is 6.79. The minimum atomic E-state index is -0.355. The summed E-state index contributed by atoms with van der Waals surface area (Å²) in [6, 6.07) is 5.76. The lowest BCUT2D eigenvalue weighted by Gasteiger charge is -2.06. The Balaban J connectivity index is 2.02. The number of hydrogen-bond donors (Lipinski definition) is 0. The number of halogens is 1. The molecule has 22 heavy (non-hydrogen) atoms. The van der Waals surface area contributed by atoms with Gasteiger partial charge < -0.3 is 14.2 Å². The van der Waals surface area contributed by atoms with Gasteiger partial charge >= 0.3 is 0 Å². The number of amides is 1. The smallest absolute Gasteiger partial charge is 0.298 e. The van der Waals surface area contributed by atoms with E-state index in [0.29, 0.717) is 18.8 Å². The van der Waals surface area contributed by atoms with Crippen LogP contribution in [0.4, 0.5) is 0 Å². The van der Waals surface area contributed by atoms with Gasteiger partial charge in [-0.05, 0) is 18.2 Å². The van der Waals surface area contributed by atoms with Gasteiger partial charge in [0.05, 0.1) is 18.4 Å². The fourth-order valence-corrected chi connectivity index (χ4v) is 2.56. The maximum atomic E-state index is 12.1. The normalized spacial score (nSPS) is 13.2. The van der Waals surface area contributed by atoms with Gasteiger partial charge in [0.1, 0.15) is 23.9 Å². The number of aromatic nitrogens is 2. The molecule has 0 aliphatic carbocycles. The van der Waals surface area contributed by atoms with Crippen LogP contribution in [-0.4, -0.2) is 47.4 Å². The third kappa shape index (κ3) is 2.89. The molecule has 1 aromatic heterocycles. The predicted molar refractivity (Wildman–Crippen MR) is 87.4 cm³/mol. The zero-order valence-corrected chi connectivity index (χ0v) is 13.9. The van der Waals surface area contributed by atoms with Crippen LogP contribution in [0, 0.1) is 0 Å². The zero-order chi connectivity index (χ0) is 15.7. The van der Waals surface area contributed by atoms with Gasteiger partial charge in [0.2, 0.25) is 0 Å². The van der Waals surface area contributed by atoms with Crippen molar-refractivity contribution in [1.82, 2.24) is 14.5 Å². The monoisotopic (exact) mass is 362 g/mol. The Labute approximate surface area is 136 Å². The summed E-state index contributed by atoms with van der Waals surface area (Å²) in [5.74, 6) is 1.13. The summed E-state index contributed by atoms with van der Waals surface area (Å²) < 4.78 is 8.58. The molecule has 114 valence electrons. The summed E-state index contributed by atoms with van der Waals surface area (Å²) in [6.07, 6.45) is 3.20. The molecular formula is C15H15BrN4O2. The Morgan fingerprint density at radius 2 is 2.32 bits per heavy atom. The number of benzene rings is 1. The number of carbonyl (C=O) groups excluding carboxylic acids is 1. The Bertz CT molecular complexity index is 752. The molecule has 0 spiro atoms. The van der Waals surface area contributed by atoms with Crippen LogP contribution in [0.3, 0.4) is 0 Å². The molecule has 0 bridgehead atoms. The first kappa shape index (κ1) is 14.8. The van der Waals surface area contributed by atoms with E-state index in [-0.39, 0.29) is 5.91 Å². The summed E-state index contributed by atoms with van der Waals surface area (Å²) in [6.45, 7) is 1.17. The van der Waals surface area contributed by atoms with Gasteiger partial charge in [0, 0.05) is 24.8 Å². The number of rotatable bonds is 2. The lowest BCUT2D eigenvalue weighted by molar-refractivity contribution is 0.0998. The highest BCUT2D eigenvalue weighted by atomic mass is 79.9. The van der Waals surface area contributed by atoms with Crippen LogP contribution >= 0.6 is 15.9 Å². The minimum Gasteiger partial charge on any atom is -0.491 e. The molecule has 0 unspecified atom stereocenters. The predicted octanol–water partition coefficient (Wildman–Crippen LogP) is 2.44. The summed E-state index contributed by atoms with van der Waals surface area (Å²) in [5.41, 5.74) is 1.20. The van der Waals surface area contributed by atoms with E-state index < -0.39 is 0 Å². The van der Waals surface area contributed by atoms with Crippen molar-refractivity contribution in [3.63, 3.8) is 0 Å². The molecule has 3 rings (SSSR count). The second kappa shape index (κ2) is 5.92. The molecule has 0 saturated carbocycles. The Hall–Kier alpha value is -2.15. The molecule has 1 amide bonds. The largest absolute Gasteiger partial charge is 0.491 e. The molecule has 7 heteroatoms. The van der Waals surface area contributed by atoms with Gasteiger partial charge in [0.25, 0.3) is 5.91 Å². The fourth-order valence-electron chi connectivity index (χ4n) is 2.20. The van der Waals surface area contributed by atoms with Crippen molar-refractivity contribution in [3.05, 3.63) is 34.6 Å². The number of ether oxygens (including phenoxy) is 1. The first-order chi connectivity index (χ1) is 10.5. The molecule has 0 saturated heterocycles. The first-order valence-corrected chi connectivity index (χ1v) is 7.59. The average molecular weight is 363 g/mol. The number of hydrogen-bond acceptors (Lipinski definition) is 3. The molecule has 6 nitrogen and oxygen atoms in total. The fraction of sp³-hybridized carbons (Fsp3) is 0.267. The lowest BCUT2D eigenvalue weighted by atomic mass is 10.2. The van der Waals surface area contributed by atoms with E-state index in [1.54, 1.807) is 11.1 Å². The number of imidazole rings is 1. The minimum absolute atomic E-state index is 0.334. The molecule has 0 fully saturated rings. The van der Waals surface area contributed by atoms with Crippen LogP contribution in [0.25, 0.3) is 11.4 Å². The molecule has 1 aliphatic heterocycles. The Morgan fingerprint density at radius 1 is 1.50 bits per heavy atom. The lowest BCUT2D eigenvalue weighted by Crippen LogP contribution is -2.10. The van der Waals surface area contributed by atoms with Gasteiger partial charge in [-0.25, -0.2) is 4.98 Å². The van der Waals surface area contributed by atoms with Gasteiger partial charge in [-0.1, -0.05) is 15.9 Å². The van der Waals surface area contributed by atoms with Crippen molar-refractivity contribution < 1.29 is 9.53 Å². The third-order valence-electron chi connectivity index (χ3n) is 3.17. The second-order valence-corrected chi connectivity index (χ2v) is 6.06. The van der Waals surface area contributed by atoms with Crippen LogP contribution in [0.2, 0.25) is 0 Å². The van der Waals surface area contributed by atoms with E-state index in [1.165, 1.54) is 6.34 Å². The van der Waals surface area contributed by atoms with Crippen LogP contribution in [0.1, 0.15) is 10.5 Å². The average Bonchev–Trinajstić information content (AvgIpc) is 2.83. The van der Waals surface area contributed by atoms with Crippen molar-refractivity contribution >= 4 is 28.2 Å². The molecule has 2 aromatic rings. The van der Waals surface area contributed by atoms with Crippen molar-refractivity contribution in [2.24, 2.45) is 4.99 Å². The number of aliphatic imine (C=N–C) groups is 1. The van der Waals surface area contributed by atoms with E-state index in [2.05, 4.69) is 25.9 Å². The summed E-state index contributed by atoms with van der Waals surface area (Å²) in [5, 5.41) is 0. The quantitative estimate of drug-likeness (QED) is 0.608. The Kier molecular flexibility index (Phi) is 3.98. The number of fused-ring (bicyclic) bond motifs is 3. The summed E-state index contributed by atoms with van der Waals surface area (Å²) in [7, 11) is 3.62. The van der Waals surface area contributed by atoms with Crippen LogP contribution in [-0.2, 0) is 6.54 Å². The maximum Gasteiger partial charge on any atom is 0.298 e. The molecule has 1 aromatic carbocycles. The van der Waals surface area contributed by atoms with Gasteiger partial charge in [-0.15, -0.1) is 0 Å². The zero-order valence-electron chi connectivity index (χ0n) is 12.3. The van der Waals surface area contributed by atoms with E-state index in [9.17, 15) is 4.79 Å². The molecule has 0 N–H and O–H groups in total. The number of nitrogens with zero attached hydrogens (tertiary/aromatic N) is 4. The van der Waals surface area contributed by atoms with Crippen LogP contribution in [0.5, 0.6) is 5.75 Å². The van der Waals surface area contributed by atoms with Crippen molar-refractivity contribution in [2.75, 3.05) is 20.7 Å². The van der Waals surface area contributed by atoms with Crippen molar-refractivity contribution in [3.8, 4) is 17.1 Å². The standard InChI is InChI=1S/C15H15BrN4O2/c1-19(2)9-17-15(21)12-8-20-5-6-22-13-4-3-10(16)7-11(13)14(20)18-12/h3-4,7-9H,5-6H2,1-2H3/b17-9+. The van der Waals surface area contributed by atoms with E-state index in [4.69, 9.17) is 4.74 Å².